The summed E-state index contributed by atoms with van der Waals surface area (Å²) in [6.45, 7) is 0. The monoisotopic (exact) mass is 209 g/mol. The van der Waals surface area contributed by atoms with Crippen LogP contribution in [0.2, 0.25) is 0 Å². The highest BCUT2D eigenvalue weighted by atomic mass is 19.3. The Balaban J connectivity index is 4.30. The quantitative estimate of drug-likeness (QED) is 0.400. The molecule has 0 saturated heterocycles. The Morgan fingerprint density at radius 2 is 1.93 bits per heavy atom. The van der Waals surface area contributed by atoms with Gasteiger partial charge in [-0.1, -0.05) is 0 Å². The molecule has 0 fully saturated rings. The van der Waals surface area contributed by atoms with Gasteiger partial charge in [-0.05, 0) is 5.92 Å². The van der Waals surface area contributed by atoms with E-state index in [9.17, 15) is 22.4 Å². The molecule has 0 heterocycles. The Labute approximate surface area is 76.3 Å². The van der Waals surface area contributed by atoms with Crippen LogP contribution in [0.15, 0.2) is 0 Å². The Kier molecular flexibility index (Phi) is 3.47. The second-order valence-electron chi connectivity index (χ2n) is 2.13. The maximum atomic E-state index is 12.2. The van der Waals surface area contributed by atoms with Crippen LogP contribution in [0.4, 0.5) is 17.6 Å². The third kappa shape index (κ3) is 4.31. The minimum Gasteiger partial charge on any atom is -0.389 e. The number of alkyl halides is 4. The summed E-state index contributed by atoms with van der Waals surface area (Å²) in [7, 11) is 0. The van der Waals surface area contributed by atoms with Gasteiger partial charge in [0, 0.05) is 0 Å². The lowest BCUT2D eigenvalue weighted by molar-refractivity contribution is -0.207. The minimum atomic E-state index is -4.41. The molecule has 14 heavy (non-hydrogen) atoms. The zero-order chi connectivity index (χ0) is 11.4. The number of nitrogens with zero attached hydrogens (tertiary/aromatic N) is 1. The molecular formula is C7H3F4NO2. The first-order valence-electron chi connectivity index (χ1n) is 3.09. The molecule has 0 atom stereocenters. The summed E-state index contributed by atoms with van der Waals surface area (Å²) >= 11 is 0. The number of hydrogen-bond acceptors (Lipinski definition) is 3. The third-order valence-corrected chi connectivity index (χ3v) is 0.950. The van der Waals surface area contributed by atoms with Gasteiger partial charge in [0.1, 0.15) is 6.42 Å². The van der Waals surface area contributed by atoms with Crippen molar-refractivity contribution in [1.29, 1.82) is 5.26 Å². The molecule has 0 amide bonds. The average Bonchev–Trinajstić information content (AvgIpc) is 2.02. The van der Waals surface area contributed by atoms with E-state index in [4.69, 9.17) is 5.26 Å². The smallest absolute Gasteiger partial charge is 0.389 e. The number of nitriles is 1. The van der Waals surface area contributed by atoms with Gasteiger partial charge >= 0.3 is 18.0 Å². The summed E-state index contributed by atoms with van der Waals surface area (Å²) in [5.74, 6) is -4.89. The number of carbonyl (C=O) groups is 1. The fourth-order valence-corrected chi connectivity index (χ4v) is 0.434. The van der Waals surface area contributed by atoms with E-state index in [1.807, 2.05) is 0 Å². The van der Waals surface area contributed by atoms with E-state index in [0.717, 1.165) is 5.92 Å². The SMILES string of the molecule is C#CC(F)(F)CC(=O)OC(F)(F)C#N. The Morgan fingerprint density at radius 1 is 1.43 bits per heavy atom. The van der Waals surface area contributed by atoms with Crippen LogP contribution in [0.1, 0.15) is 6.42 Å². The number of ether oxygens (including phenoxy) is 1. The molecule has 0 aromatic carbocycles. The lowest BCUT2D eigenvalue weighted by Gasteiger charge is -2.11. The van der Waals surface area contributed by atoms with E-state index in [1.54, 1.807) is 0 Å². The van der Waals surface area contributed by atoms with Crippen LogP contribution in [-0.2, 0) is 9.53 Å². The van der Waals surface area contributed by atoms with Crippen LogP contribution in [0, 0.1) is 23.7 Å². The summed E-state index contributed by atoms with van der Waals surface area (Å²) in [5, 5.41) is 7.69. The van der Waals surface area contributed by atoms with Crippen LogP contribution in [0.3, 0.4) is 0 Å². The van der Waals surface area contributed by atoms with Crippen LogP contribution in [0.5, 0.6) is 0 Å². The first-order chi connectivity index (χ1) is 6.22. The molecule has 0 aliphatic rings. The minimum absolute atomic E-state index is 0.303. The van der Waals surface area contributed by atoms with Crippen molar-refractivity contribution in [2.75, 3.05) is 0 Å². The van der Waals surface area contributed by atoms with E-state index in [0.29, 0.717) is 6.07 Å². The summed E-state index contributed by atoms with van der Waals surface area (Å²) in [4.78, 5) is 10.4. The number of carbonyl (C=O) groups excluding carboxylic acids is 1. The summed E-state index contributed by atoms with van der Waals surface area (Å²) < 4.78 is 51.5. The molecule has 0 aromatic heterocycles. The van der Waals surface area contributed by atoms with Crippen molar-refractivity contribution in [3.8, 4) is 18.4 Å². The van der Waals surface area contributed by atoms with Gasteiger partial charge in [-0.15, -0.1) is 15.2 Å². The van der Waals surface area contributed by atoms with Gasteiger partial charge in [-0.2, -0.15) is 14.0 Å². The molecule has 3 nitrogen and oxygen atoms in total. The van der Waals surface area contributed by atoms with Gasteiger partial charge < -0.3 is 4.74 Å². The van der Waals surface area contributed by atoms with Gasteiger partial charge in [0.05, 0.1) is 0 Å². The Bertz CT molecular complexity index is 283. The van der Waals surface area contributed by atoms with E-state index in [1.165, 1.54) is 0 Å². The lowest BCUT2D eigenvalue weighted by atomic mass is 10.2. The first-order valence-corrected chi connectivity index (χ1v) is 3.09. The predicted octanol–water partition coefficient (Wildman–Crippen LogP) is 1.30. The zero-order valence-electron chi connectivity index (χ0n) is 6.56. The van der Waals surface area contributed by atoms with Crippen molar-refractivity contribution >= 4 is 5.97 Å². The highest BCUT2D eigenvalue weighted by Crippen LogP contribution is 2.21. The number of terminal acetylenes is 1. The fraction of sp³-hybridized carbons (Fsp3) is 0.429. The largest absolute Gasteiger partial charge is 0.496 e. The van der Waals surface area contributed by atoms with Gasteiger partial charge in [-0.3, -0.25) is 4.79 Å². The summed E-state index contributed by atoms with van der Waals surface area (Å²) in [6, 6.07) is 0.303. The number of halogens is 4. The third-order valence-electron chi connectivity index (χ3n) is 0.950. The van der Waals surface area contributed by atoms with E-state index < -0.39 is 24.4 Å². The predicted molar refractivity (Wildman–Crippen MR) is 35.0 cm³/mol. The second kappa shape index (κ2) is 3.97. The molecule has 0 unspecified atom stereocenters. The molecule has 0 radical (unpaired) electrons. The van der Waals surface area contributed by atoms with Crippen molar-refractivity contribution in [3.05, 3.63) is 0 Å². The first kappa shape index (κ1) is 12.2. The summed E-state index contributed by atoms with van der Waals surface area (Å²) in [6.07, 6.45) is -1.82. The molecule has 0 N–H and O–H groups in total. The van der Waals surface area contributed by atoms with Crippen LogP contribution >= 0.6 is 0 Å². The van der Waals surface area contributed by atoms with Crippen LogP contribution < -0.4 is 0 Å². The molecule has 0 aromatic rings. The van der Waals surface area contributed by atoms with Gasteiger partial charge in [0.15, 0.2) is 6.07 Å². The van der Waals surface area contributed by atoms with Crippen molar-refractivity contribution in [2.45, 2.75) is 18.5 Å². The van der Waals surface area contributed by atoms with Crippen molar-refractivity contribution in [1.82, 2.24) is 0 Å². The number of esters is 1. The van der Waals surface area contributed by atoms with E-state index in [-0.39, 0.29) is 0 Å². The molecular weight excluding hydrogens is 206 g/mol. The highest BCUT2D eigenvalue weighted by Gasteiger charge is 2.38. The molecule has 0 aliphatic carbocycles. The van der Waals surface area contributed by atoms with Crippen molar-refractivity contribution in [3.63, 3.8) is 0 Å². The van der Waals surface area contributed by atoms with Gasteiger partial charge in [0.25, 0.3) is 0 Å². The zero-order valence-corrected chi connectivity index (χ0v) is 6.56. The number of hydrogen-bond donors (Lipinski definition) is 0. The van der Waals surface area contributed by atoms with Crippen molar-refractivity contribution in [2.24, 2.45) is 0 Å². The maximum absolute atomic E-state index is 12.2. The molecule has 0 saturated carbocycles. The average molecular weight is 209 g/mol. The normalized spacial score (nSPS) is 11.3. The lowest BCUT2D eigenvalue weighted by Crippen LogP contribution is -2.27. The topological polar surface area (TPSA) is 50.1 Å². The molecule has 76 valence electrons. The standard InChI is InChI=1S/C7H3F4NO2/c1-2-6(8,9)3-5(13)14-7(10,11)4-12/h1H,3H2. The van der Waals surface area contributed by atoms with E-state index >= 15 is 0 Å². The Hall–Kier alpha value is -1.76. The fourth-order valence-electron chi connectivity index (χ4n) is 0.434. The maximum Gasteiger partial charge on any atom is 0.496 e. The molecule has 0 spiro atoms. The molecule has 0 bridgehead atoms. The van der Waals surface area contributed by atoms with E-state index in [2.05, 4.69) is 11.2 Å². The van der Waals surface area contributed by atoms with Gasteiger partial charge in [0.2, 0.25) is 0 Å². The second-order valence-corrected chi connectivity index (χ2v) is 2.13. The van der Waals surface area contributed by atoms with Crippen LogP contribution in [-0.4, -0.2) is 18.0 Å². The molecule has 0 rings (SSSR count). The number of rotatable bonds is 3. The molecule has 0 aliphatic heterocycles. The van der Waals surface area contributed by atoms with Crippen molar-refractivity contribution < 1.29 is 27.1 Å². The Morgan fingerprint density at radius 3 is 2.29 bits per heavy atom. The van der Waals surface area contributed by atoms with Crippen LogP contribution in [0.25, 0.3) is 0 Å². The summed E-state index contributed by atoms with van der Waals surface area (Å²) in [5.41, 5.74) is 0. The highest BCUT2D eigenvalue weighted by molar-refractivity contribution is 5.71. The van der Waals surface area contributed by atoms with Gasteiger partial charge in [-0.25, -0.2) is 0 Å². The molecule has 7 heteroatoms.